The highest BCUT2D eigenvalue weighted by Crippen LogP contribution is 2.34. The first-order valence-electron chi connectivity index (χ1n) is 9.65. The Hall–Kier alpha value is -2.34. The number of anilines is 1. The second kappa shape index (κ2) is 7.72. The Kier molecular flexibility index (Phi) is 5.56. The maximum absolute atomic E-state index is 12.1. The lowest BCUT2D eigenvalue weighted by molar-refractivity contribution is -0.144. The van der Waals surface area contributed by atoms with E-state index in [4.69, 9.17) is 0 Å². The van der Waals surface area contributed by atoms with Gasteiger partial charge in [0.05, 0.1) is 0 Å². The van der Waals surface area contributed by atoms with Gasteiger partial charge in [-0.3, -0.25) is 14.5 Å². The number of rotatable bonds is 5. The Morgan fingerprint density at radius 1 is 1.22 bits per heavy atom. The van der Waals surface area contributed by atoms with E-state index in [0.29, 0.717) is 17.5 Å². The van der Waals surface area contributed by atoms with Gasteiger partial charge in [0.15, 0.2) is 0 Å². The van der Waals surface area contributed by atoms with Crippen LogP contribution in [0.5, 0.6) is 0 Å². The average Bonchev–Trinajstić information content (AvgIpc) is 2.96. The van der Waals surface area contributed by atoms with Crippen molar-refractivity contribution >= 4 is 28.5 Å². The van der Waals surface area contributed by atoms with Crippen molar-refractivity contribution in [2.75, 3.05) is 18.4 Å². The smallest absolute Gasteiger partial charge is 0.325 e. The van der Waals surface area contributed by atoms with E-state index in [-0.39, 0.29) is 11.8 Å². The van der Waals surface area contributed by atoms with Crippen LogP contribution in [0.3, 0.4) is 0 Å². The van der Waals surface area contributed by atoms with E-state index in [9.17, 15) is 14.7 Å². The molecule has 2 heterocycles. The summed E-state index contributed by atoms with van der Waals surface area (Å²) in [6.07, 6.45) is 2.93. The molecule has 27 heavy (non-hydrogen) atoms. The normalized spacial score (nSPS) is 22.1. The van der Waals surface area contributed by atoms with Crippen LogP contribution in [0.15, 0.2) is 24.4 Å². The molecule has 1 fully saturated rings. The zero-order valence-electron chi connectivity index (χ0n) is 16.5. The molecule has 0 aliphatic carbocycles. The molecule has 0 radical (unpaired) electrons. The Morgan fingerprint density at radius 2 is 1.89 bits per heavy atom. The molecule has 1 saturated heterocycles. The SMILES string of the molecule is CC1CC(C)CN(C(C(=O)O)c2c[nH]c3cc(NC(=O)C(C)C)ccc23)C1. The molecule has 0 bridgehead atoms. The fourth-order valence-electron chi connectivity index (χ4n) is 4.15. The third-order valence-corrected chi connectivity index (χ3v) is 5.30. The van der Waals surface area contributed by atoms with E-state index in [1.165, 1.54) is 0 Å². The van der Waals surface area contributed by atoms with E-state index in [0.717, 1.165) is 36.0 Å². The standard InChI is InChI=1S/C21H29N3O3/c1-12(2)20(25)23-15-5-6-16-17(9-22-18(16)8-15)19(21(26)27)24-10-13(3)7-14(4)11-24/h5-6,8-9,12-14,19,22H,7,10-11H2,1-4H3,(H,23,25)(H,26,27). The number of hydrogen-bond acceptors (Lipinski definition) is 3. The predicted octanol–water partition coefficient (Wildman–Crippen LogP) is 3.87. The predicted molar refractivity (Wildman–Crippen MR) is 107 cm³/mol. The van der Waals surface area contributed by atoms with Gasteiger partial charge in [-0.05, 0) is 30.4 Å². The molecule has 3 unspecified atom stereocenters. The van der Waals surface area contributed by atoms with E-state index >= 15 is 0 Å². The molecule has 6 heteroatoms. The van der Waals surface area contributed by atoms with E-state index < -0.39 is 12.0 Å². The molecular weight excluding hydrogens is 342 g/mol. The Labute approximate surface area is 159 Å². The summed E-state index contributed by atoms with van der Waals surface area (Å²) in [6.45, 7) is 9.63. The summed E-state index contributed by atoms with van der Waals surface area (Å²) in [4.78, 5) is 29.3. The third kappa shape index (κ3) is 4.16. The minimum atomic E-state index is -0.825. The lowest BCUT2D eigenvalue weighted by atomic mass is 9.89. The Balaban J connectivity index is 1.92. The van der Waals surface area contributed by atoms with Crippen molar-refractivity contribution in [3.8, 4) is 0 Å². The van der Waals surface area contributed by atoms with Gasteiger partial charge in [-0.25, -0.2) is 0 Å². The summed E-state index contributed by atoms with van der Waals surface area (Å²) in [6, 6.07) is 4.92. The van der Waals surface area contributed by atoms with Gasteiger partial charge in [0.25, 0.3) is 0 Å². The van der Waals surface area contributed by atoms with Crippen molar-refractivity contribution in [2.24, 2.45) is 17.8 Å². The summed E-state index contributed by atoms with van der Waals surface area (Å²) in [5, 5.41) is 13.7. The van der Waals surface area contributed by atoms with Crippen molar-refractivity contribution in [3.63, 3.8) is 0 Å². The number of carbonyl (C=O) groups is 2. The number of piperidine rings is 1. The largest absolute Gasteiger partial charge is 0.480 e. The Bertz CT molecular complexity index is 832. The van der Waals surface area contributed by atoms with Crippen LogP contribution in [0.2, 0.25) is 0 Å². The number of H-pyrrole nitrogens is 1. The zero-order chi connectivity index (χ0) is 19.7. The number of nitrogens with one attached hydrogen (secondary N) is 2. The molecule has 3 N–H and O–H groups in total. The second-order valence-electron chi connectivity index (χ2n) is 8.29. The number of carboxylic acids is 1. The number of benzene rings is 1. The van der Waals surface area contributed by atoms with Gasteiger partial charge in [-0.1, -0.05) is 33.8 Å². The number of aliphatic carboxylic acids is 1. The third-order valence-electron chi connectivity index (χ3n) is 5.30. The summed E-state index contributed by atoms with van der Waals surface area (Å²) in [5.41, 5.74) is 2.32. The molecule has 2 aromatic rings. The summed E-state index contributed by atoms with van der Waals surface area (Å²) >= 11 is 0. The highest BCUT2D eigenvalue weighted by molar-refractivity contribution is 5.96. The van der Waals surface area contributed by atoms with Crippen molar-refractivity contribution < 1.29 is 14.7 Å². The van der Waals surface area contributed by atoms with Crippen molar-refractivity contribution in [2.45, 2.75) is 40.2 Å². The summed E-state index contributed by atoms with van der Waals surface area (Å²) < 4.78 is 0. The molecule has 3 atom stereocenters. The number of nitrogens with zero attached hydrogens (tertiary/aromatic N) is 1. The molecule has 3 rings (SSSR count). The number of carboxylic acid groups (broad SMARTS) is 1. The molecule has 1 amide bonds. The monoisotopic (exact) mass is 371 g/mol. The molecule has 1 aliphatic rings. The van der Waals surface area contributed by atoms with Crippen LogP contribution in [0.25, 0.3) is 10.9 Å². The second-order valence-corrected chi connectivity index (χ2v) is 8.29. The topological polar surface area (TPSA) is 85.4 Å². The number of hydrogen-bond donors (Lipinski definition) is 3. The van der Waals surface area contributed by atoms with Crippen LogP contribution in [0.4, 0.5) is 5.69 Å². The van der Waals surface area contributed by atoms with Gasteiger partial charge in [-0.2, -0.15) is 0 Å². The van der Waals surface area contributed by atoms with Gasteiger partial charge < -0.3 is 15.4 Å². The van der Waals surface area contributed by atoms with Gasteiger partial charge in [-0.15, -0.1) is 0 Å². The maximum atomic E-state index is 12.1. The number of amides is 1. The van der Waals surface area contributed by atoms with Crippen LogP contribution in [0, 0.1) is 17.8 Å². The summed E-state index contributed by atoms with van der Waals surface area (Å²) in [7, 11) is 0. The first kappa shape index (κ1) is 19.4. The van der Waals surface area contributed by atoms with Crippen LogP contribution >= 0.6 is 0 Å². The molecule has 1 aliphatic heterocycles. The van der Waals surface area contributed by atoms with Crippen LogP contribution in [0.1, 0.15) is 45.7 Å². The molecule has 146 valence electrons. The zero-order valence-corrected chi connectivity index (χ0v) is 16.5. The van der Waals surface area contributed by atoms with Crippen molar-refractivity contribution in [3.05, 3.63) is 30.0 Å². The minimum Gasteiger partial charge on any atom is -0.480 e. The maximum Gasteiger partial charge on any atom is 0.325 e. The van der Waals surface area contributed by atoms with Crippen LogP contribution in [-0.4, -0.2) is 40.0 Å². The number of aromatic nitrogens is 1. The first-order chi connectivity index (χ1) is 12.8. The van der Waals surface area contributed by atoms with Crippen molar-refractivity contribution in [1.29, 1.82) is 0 Å². The fourth-order valence-corrected chi connectivity index (χ4v) is 4.15. The van der Waals surface area contributed by atoms with E-state index in [2.05, 4.69) is 29.0 Å². The quantitative estimate of drug-likeness (QED) is 0.745. The highest BCUT2D eigenvalue weighted by atomic mass is 16.4. The average molecular weight is 371 g/mol. The number of aromatic amines is 1. The van der Waals surface area contributed by atoms with E-state index in [1.54, 1.807) is 6.20 Å². The molecule has 6 nitrogen and oxygen atoms in total. The molecule has 1 aromatic carbocycles. The van der Waals surface area contributed by atoms with Gasteiger partial charge in [0.2, 0.25) is 5.91 Å². The molecule has 0 saturated carbocycles. The van der Waals surface area contributed by atoms with Crippen molar-refractivity contribution in [1.82, 2.24) is 9.88 Å². The summed E-state index contributed by atoms with van der Waals surface area (Å²) in [5.74, 6) is 0.00639. The van der Waals surface area contributed by atoms with E-state index in [1.807, 2.05) is 32.0 Å². The highest BCUT2D eigenvalue weighted by Gasteiger charge is 2.34. The Morgan fingerprint density at radius 3 is 2.48 bits per heavy atom. The van der Waals surface area contributed by atoms with Crippen LogP contribution in [-0.2, 0) is 9.59 Å². The molecular formula is C21H29N3O3. The first-order valence-corrected chi connectivity index (χ1v) is 9.65. The fraction of sp³-hybridized carbons (Fsp3) is 0.524. The molecule has 1 aromatic heterocycles. The van der Waals surface area contributed by atoms with Gasteiger partial charge in [0, 0.05) is 47.4 Å². The lowest BCUT2D eigenvalue weighted by Gasteiger charge is -2.38. The lowest BCUT2D eigenvalue weighted by Crippen LogP contribution is -2.43. The number of carbonyl (C=O) groups excluding carboxylic acids is 1. The van der Waals surface area contributed by atoms with Crippen LogP contribution < -0.4 is 5.32 Å². The van der Waals surface area contributed by atoms with Gasteiger partial charge in [0.1, 0.15) is 6.04 Å². The number of fused-ring (bicyclic) bond motifs is 1. The molecule has 0 spiro atoms. The van der Waals surface area contributed by atoms with Gasteiger partial charge >= 0.3 is 5.97 Å². The minimum absolute atomic E-state index is 0.0409. The number of likely N-dealkylation sites (tertiary alicyclic amines) is 1.